The van der Waals surface area contributed by atoms with Gasteiger partial charge in [0.1, 0.15) is 0 Å². The molecule has 0 N–H and O–H groups in total. The van der Waals surface area contributed by atoms with Gasteiger partial charge in [0.2, 0.25) is 0 Å². The molecule has 1 aromatic heterocycles. The van der Waals surface area contributed by atoms with Gasteiger partial charge in [0.05, 0.1) is 36.1 Å². The average molecular weight is 535 g/mol. The topological polar surface area (TPSA) is 96.2 Å². The summed E-state index contributed by atoms with van der Waals surface area (Å²) in [4.78, 5) is 43.2. The Bertz CT molecular complexity index is 1620. The molecule has 3 aromatic rings. The quantitative estimate of drug-likeness (QED) is 0.366. The van der Waals surface area contributed by atoms with Gasteiger partial charge in [-0.25, -0.2) is 9.79 Å². The van der Waals surface area contributed by atoms with Crippen LogP contribution in [0.4, 0.5) is 0 Å². The highest BCUT2D eigenvalue weighted by Crippen LogP contribution is 2.36. The number of hydrogen-bond acceptors (Lipinski definition) is 8. The molecule has 0 bridgehead atoms. The van der Waals surface area contributed by atoms with Crippen molar-refractivity contribution < 1.29 is 23.8 Å². The van der Waals surface area contributed by atoms with Crippen molar-refractivity contribution in [2.24, 2.45) is 4.99 Å². The number of nitrogens with zero attached hydrogens (tertiary/aromatic N) is 2. The smallest absolute Gasteiger partial charge is 0.338 e. The van der Waals surface area contributed by atoms with Crippen molar-refractivity contribution in [2.45, 2.75) is 46.1 Å². The molecule has 9 heteroatoms. The van der Waals surface area contributed by atoms with E-state index in [1.54, 1.807) is 25.1 Å². The van der Waals surface area contributed by atoms with E-state index in [9.17, 15) is 14.4 Å². The summed E-state index contributed by atoms with van der Waals surface area (Å²) in [7, 11) is 2.74. The fourth-order valence-corrected chi connectivity index (χ4v) is 5.38. The first-order chi connectivity index (χ1) is 17.9. The first-order valence-corrected chi connectivity index (χ1v) is 12.8. The number of esters is 2. The van der Waals surface area contributed by atoms with E-state index in [2.05, 4.69) is 37.9 Å². The normalized spacial score (nSPS) is 15.6. The van der Waals surface area contributed by atoms with Crippen LogP contribution in [0.1, 0.15) is 57.4 Å². The van der Waals surface area contributed by atoms with E-state index in [4.69, 9.17) is 14.2 Å². The van der Waals surface area contributed by atoms with Crippen molar-refractivity contribution in [3.63, 3.8) is 0 Å². The number of allylic oxidation sites excluding steroid dienone is 1. The lowest BCUT2D eigenvalue weighted by Crippen LogP contribution is -2.39. The van der Waals surface area contributed by atoms with Gasteiger partial charge < -0.3 is 14.2 Å². The molecule has 2 heterocycles. The van der Waals surface area contributed by atoms with Crippen LogP contribution in [-0.2, 0) is 19.7 Å². The van der Waals surface area contributed by atoms with E-state index in [0.29, 0.717) is 20.6 Å². The molecule has 0 fully saturated rings. The summed E-state index contributed by atoms with van der Waals surface area (Å²) in [5.74, 6) is -0.565. The standard InChI is InChI=1S/C29H30N2O6S/c1-16-24(27(34)36-7)25(19-10-13-21(37-17(2)32)22(15-19)35-6)31-26(33)23(38-28(31)30-16)14-18-8-11-20(12-9-18)29(3,4)5/h8-15,25H,1-7H3/b23-14-. The summed E-state index contributed by atoms with van der Waals surface area (Å²) in [5.41, 5.74) is 3.09. The molecule has 0 amide bonds. The number of ether oxygens (including phenoxy) is 3. The van der Waals surface area contributed by atoms with Crippen LogP contribution in [-0.4, -0.2) is 30.7 Å². The zero-order valence-electron chi connectivity index (χ0n) is 22.4. The van der Waals surface area contributed by atoms with Gasteiger partial charge in [0.15, 0.2) is 16.3 Å². The van der Waals surface area contributed by atoms with E-state index in [0.717, 1.165) is 5.56 Å². The summed E-state index contributed by atoms with van der Waals surface area (Å²) >= 11 is 1.25. The van der Waals surface area contributed by atoms with Crippen LogP contribution in [0.5, 0.6) is 11.5 Å². The Morgan fingerprint density at radius 2 is 1.74 bits per heavy atom. The SMILES string of the molecule is COC(=O)C1=C(C)N=c2s/c(=C\c3ccc(C(C)(C)C)cc3)c(=O)n2C1c1ccc(OC(C)=O)c(OC)c1. The minimum absolute atomic E-state index is 0.0196. The molecule has 2 aromatic carbocycles. The van der Waals surface area contributed by atoms with Gasteiger partial charge in [-0.2, -0.15) is 0 Å². The van der Waals surface area contributed by atoms with E-state index in [1.165, 1.54) is 42.6 Å². The van der Waals surface area contributed by atoms with Crippen molar-refractivity contribution in [2.75, 3.05) is 14.2 Å². The highest BCUT2D eigenvalue weighted by Gasteiger charge is 2.33. The Morgan fingerprint density at radius 1 is 1.05 bits per heavy atom. The number of aromatic nitrogens is 1. The number of methoxy groups -OCH3 is 2. The number of thiazole rings is 1. The van der Waals surface area contributed by atoms with Crippen LogP contribution < -0.4 is 24.4 Å². The summed E-state index contributed by atoms with van der Waals surface area (Å²) in [6.07, 6.45) is 1.83. The summed E-state index contributed by atoms with van der Waals surface area (Å²) in [5, 5.41) is 0. The number of hydrogen-bond donors (Lipinski definition) is 0. The van der Waals surface area contributed by atoms with E-state index >= 15 is 0 Å². The lowest BCUT2D eigenvalue weighted by molar-refractivity contribution is -0.136. The van der Waals surface area contributed by atoms with Gasteiger partial charge in [-0.1, -0.05) is 62.4 Å². The van der Waals surface area contributed by atoms with E-state index in [1.807, 2.05) is 18.2 Å². The average Bonchev–Trinajstić information content (AvgIpc) is 3.16. The molecule has 0 saturated carbocycles. The summed E-state index contributed by atoms with van der Waals surface area (Å²) in [6.45, 7) is 9.45. The monoisotopic (exact) mass is 534 g/mol. The van der Waals surface area contributed by atoms with Gasteiger partial charge in [-0.05, 0) is 47.2 Å². The molecular weight excluding hydrogens is 504 g/mol. The predicted octanol–water partition coefficient (Wildman–Crippen LogP) is 3.64. The zero-order chi connectivity index (χ0) is 27.8. The Kier molecular flexibility index (Phi) is 7.42. The molecule has 0 saturated heterocycles. The minimum Gasteiger partial charge on any atom is -0.493 e. The second-order valence-electron chi connectivity index (χ2n) is 9.95. The lowest BCUT2D eigenvalue weighted by Gasteiger charge is -2.25. The molecule has 1 aliphatic rings. The van der Waals surface area contributed by atoms with Crippen LogP contribution in [0.3, 0.4) is 0 Å². The number of rotatable bonds is 5. The second-order valence-corrected chi connectivity index (χ2v) is 11.0. The predicted molar refractivity (Wildman–Crippen MR) is 145 cm³/mol. The van der Waals surface area contributed by atoms with Crippen LogP contribution >= 0.6 is 11.3 Å². The van der Waals surface area contributed by atoms with Crippen LogP contribution in [0, 0.1) is 0 Å². The van der Waals surface area contributed by atoms with Crippen molar-refractivity contribution in [3.8, 4) is 11.5 Å². The van der Waals surface area contributed by atoms with E-state index < -0.39 is 18.0 Å². The first kappa shape index (κ1) is 27.1. The number of carbonyl (C=O) groups is 2. The second kappa shape index (κ2) is 10.4. The molecule has 4 rings (SSSR count). The first-order valence-electron chi connectivity index (χ1n) is 12.0. The zero-order valence-corrected chi connectivity index (χ0v) is 23.3. The van der Waals surface area contributed by atoms with Gasteiger partial charge in [0, 0.05) is 6.92 Å². The number of benzene rings is 2. The van der Waals surface area contributed by atoms with Crippen LogP contribution in [0.15, 0.2) is 63.5 Å². The van der Waals surface area contributed by atoms with Crippen LogP contribution in [0.25, 0.3) is 6.08 Å². The van der Waals surface area contributed by atoms with Gasteiger partial charge in [0.25, 0.3) is 5.56 Å². The molecule has 0 aliphatic carbocycles. The lowest BCUT2D eigenvalue weighted by atomic mass is 9.87. The fourth-order valence-electron chi connectivity index (χ4n) is 4.33. The third-order valence-corrected chi connectivity index (χ3v) is 7.24. The third kappa shape index (κ3) is 5.19. The minimum atomic E-state index is -0.815. The highest BCUT2D eigenvalue weighted by molar-refractivity contribution is 7.07. The van der Waals surface area contributed by atoms with Crippen molar-refractivity contribution in [3.05, 3.63) is 90.1 Å². The van der Waals surface area contributed by atoms with Crippen molar-refractivity contribution in [1.82, 2.24) is 4.57 Å². The molecular formula is C29H30N2O6S. The van der Waals surface area contributed by atoms with Gasteiger partial charge in [-0.3, -0.25) is 14.2 Å². The molecule has 38 heavy (non-hydrogen) atoms. The maximum Gasteiger partial charge on any atom is 0.338 e. The van der Waals surface area contributed by atoms with Gasteiger partial charge >= 0.3 is 11.9 Å². The number of carbonyl (C=O) groups excluding carboxylic acids is 2. The Labute approximate surface area is 224 Å². The van der Waals surface area contributed by atoms with Crippen molar-refractivity contribution >= 4 is 29.4 Å². The maximum absolute atomic E-state index is 13.8. The highest BCUT2D eigenvalue weighted by atomic mass is 32.1. The maximum atomic E-state index is 13.8. The fraction of sp³-hybridized carbons (Fsp3) is 0.310. The molecule has 0 spiro atoms. The Balaban J connectivity index is 1.90. The van der Waals surface area contributed by atoms with Crippen molar-refractivity contribution in [1.29, 1.82) is 0 Å². The Morgan fingerprint density at radius 3 is 2.32 bits per heavy atom. The summed E-state index contributed by atoms with van der Waals surface area (Å²) < 4.78 is 17.7. The Hall–Kier alpha value is -3.98. The summed E-state index contributed by atoms with van der Waals surface area (Å²) in [6, 6.07) is 12.2. The van der Waals surface area contributed by atoms with Gasteiger partial charge in [-0.15, -0.1) is 0 Å². The largest absolute Gasteiger partial charge is 0.493 e. The van der Waals surface area contributed by atoms with Crippen LogP contribution in [0.2, 0.25) is 0 Å². The molecule has 8 nitrogen and oxygen atoms in total. The van der Waals surface area contributed by atoms with E-state index in [-0.39, 0.29) is 28.0 Å². The number of fused-ring (bicyclic) bond motifs is 1. The molecule has 0 radical (unpaired) electrons. The third-order valence-electron chi connectivity index (χ3n) is 6.26. The molecule has 1 unspecified atom stereocenters. The molecule has 198 valence electrons. The molecule has 1 aliphatic heterocycles. The molecule has 1 atom stereocenters.